The SMILES string of the molecule is CCc1n[nH]c(CN2C[C@H](O)C[C@H]2c2cccc(F)c2)n1. The summed E-state index contributed by atoms with van der Waals surface area (Å²) in [7, 11) is 0. The van der Waals surface area contributed by atoms with Crippen LogP contribution in [0.1, 0.15) is 36.6 Å². The molecule has 1 aromatic heterocycles. The lowest BCUT2D eigenvalue weighted by Gasteiger charge is -2.23. The number of halogens is 1. The number of hydrogen-bond donors (Lipinski definition) is 2. The van der Waals surface area contributed by atoms with E-state index in [0.717, 1.165) is 23.6 Å². The lowest BCUT2D eigenvalue weighted by molar-refractivity contribution is 0.171. The first-order valence-electron chi connectivity index (χ1n) is 7.23. The van der Waals surface area contributed by atoms with Crippen LogP contribution in [0.5, 0.6) is 0 Å². The first-order valence-corrected chi connectivity index (χ1v) is 7.23. The second-order valence-corrected chi connectivity index (χ2v) is 5.44. The number of hydrogen-bond acceptors (Lipinski definition) is 4. The molecule has 0 bridgehead atoms. The van der Waals surface area contributed by atoms with Crippen LogP contribution in [0.3, 0.4) is 0 Å². The van der Waals surface area contributed by atoms with Crippen LogP contribution < -0.4 is 0 Å². The van der Waals surface area contributed by atoms with Gasteiger partial charge in [0.15, 0.2) is 0 Å². The molecule has 2 heterocycles. The van der Waals surface area contributed by atoms with Gasteiger partial charge < -0.3 is 5.11 Å². The number of nitrogens with zero attached hydrogens (tertiary/aromatic N) is 3. The Balaban J connectivity index is 1.79. The fourth-order valence-corrected chi connectivity index (χ4v) is 2.87. The highest BCUT2D eigenvalue weighted by atomic mass is 19.1. The fraction of sp³-hybridized carbons (Fsp3) is 0.467. The molecule has 0 saturated carbocycles. The number of aromatic nitrogens is 3. The van der Waals surface area contributed by atoms with Gasteiger partial charge in [0.2, 0.25) is 0 Å². The molecule has 0 radical (unpaired) electrons. The summed E-state index contributed by atoms with van der Waals surface area (Å²) in [5.74, 6) is 1.32. The standard InChI is InChI=1S/C15H19FN4O/c1-2-14-17-15(19-18-14)9-20-8-12(21)7-13(20)10-4-3-5-11(16)6-10/h3-6,12-13,21H,2,7-9H2,1H3,(H,17,18,19)/t12-,13+/m1/s1. The van der Waals surface area contributed by atoms with Crippen molar-refractivity contribution in [3.05, 3.63) is 47.3 Å². The molecule has 21 heavy (non-hydrogen) atoms. The lowest BCUT2D eigenvalue weighted by Crippen LogP contribution is -2.25. The Bertz CT molecular complexity index is 615. The van der Waals surface area contributed by atoms with E-state index in [1.165, 1.54) is 12.1 Å². The number of aromatic amines is 1. The molecule has 2 atom stereocenters. The zero-order valence-corrected chi connectivity index (χ0v) is 12.0. The Kier molecular flexibility index (Phi) is 3.98. The Hall–Kier alpha value is -1.79. The highest BCUT2D eigenvalue weighted by Crippen LogP contribution is 2.33. The number of likely N-dealkylation sites (tertiary alicyclic amines) is 1. The molecule has 6 heteroatoms. The predicted octanol–water partition coefficient (Wildman–Crippen LogP) is 1.81. The maximum absolute atomic E-state index is 13.4. The third-order valence-corrected chi connectivity index (χ3v) is 3.86. The molecule has 1 aromatic carbocycles. The van der Waals surface area contributed by atoms with Crippen LogP contribution in [-0.2, 0) is 13.0 Å². The quantitative estimate of drug-likeness (QED) is 0.901. The summed E-state index contributed by atoms with van der Waals surface area (Å²) < 4.78 is 13.4. The highest BCUT2D eigenvalue weighted by molar-refractivity contribution is 5.22. The Morgan fingerprint density at radius 3 is 3.05 bits per heavy atom. The molecule has 1 aliphatic rings. The second kappa shape index (κ2) is 5.91. The van der Waals surface area contributed by atoms with Gasteiger partial charge in [0, 0.05) is 19.0 Å². The number of H-pyrrole nitrogens is 1. The molecule has 0 unspecified atom stereocenters. The maximum atomic E-state index is 13.4. The molecule has 112 valence electrons. The van der Waals surface area contributed by atoms with Crippen molar-refractivity contribution in [1.82, 2.24) is 20.1 Å². The third-order valence-electron chi connectivity index (χ3n) is 3.86. The van der Waals surface area contributed by atoms with Crippen molar-refractivity contribution in [1.29, 1.82) is 0 Å². The zero-order valence-electron chi connectivity index (χ0n) is 12.0. The number of rotatable bonds is 4. The topological polar surface area (TPSA) is 65.0 Å². The van der Waals surface area contributed by atoms with Crippen molar-refractivity contribution in [2.24, 2.45) is 0 Å². The molecule has 3 rings (SSSR count). The summed E-state index contributed by atoms with van der Waals surface area (Å²) in [6, 6.07) is 6.58. The van der Waals surface area contributed by atoms with Crippen LogP contribution in [0.4, 0.5) is 4.39 Å². The van der Waals surface area contributed by atoms with Crippen LogP contribution in [0, 0.1) is 5.82 Å². The van der Waals surface area contributed by atoms with Crippen molar-refractivity contribution in [2.45, 2.75) is 38.5 Å². The summed E-state index contributed by atoms with van der Waals surface area (Å²) in [4.78, 5) is 6.51. The monoisotopic (exact) mass is 290 g/mol. The first kappa shape index (κ1) is 14.2. The first-order chi connectivity index (χ1) is 10.2. The average molecular weight is 290 g/mol. The lowest BCUT2D eigenvalue weighted by atomic mass is 10.0. The Morgan fingerprint density at radius 1 is 1.48 bits per heavy atom. The molecule has 0 aliphatic carbocycles. The van der Waals surface area contributed by atoms with E-state index in [-0.39, 0.29) is 11.9 Å². The minimum Gasteiger partial charge on any atom is -0.392 e. The van der Waals surface area contributed by atoms with E-state index in [2.05, 4.69) is 20.1 Å². The fourth-order valence-electron chi connectivity index (χ4n) is 2.87. The van der Waals surface area contributed by atoms with E-state index < -0.39 is 6.10 Å². The minimum atomic E-state index is -0.396. The molecule has 5 nitrogen and oxygen atoms in total. The number of β-amino-alcohol motifs (C(OH)–C–C–N with tert-alkyl or cyclic N) is 1. The predicted molar refractivity (Wildman–Crippen MR) is 75.9 cm³/mol. The highest BCUT2D eigenvalue weighted by Gasteiger charge is 2.32. The normalized spacial score (nSPS) is 22.8. The summed E-state index contributed by atoms with van der Waals surface area (Å²) in [5.41, 5.74) is 0.891. The van der Waals surface area contributed by atoms with E-state index in [9.17, 15) is 9.50 Å². The van der Waals surface area contributed by atoms with Gasteiger partial charge in [0.1, 0.15) is 17.5 Å². The summed E-state index contributed by atoms with van der Waals surface area (Å²) >= 11 is 0. The van der Waals surface area contributed by atoms with Crippen molar-refractivity contribution < 1.29 is 9.50 Å². The molecule has 2 N–H and O–H groups in total. The van der Waals surface area contributed by atoms with Crippen molar-refractivity contribution in [3.8, 4) is 0 Å². The van der Waals surface area contributed by atoms with Crippen LogP contribution in [0.15, 0.2) is 24.3 Å². The average Bonchev–Trinajstić information content (AvgIpc) is 3.06. The van der Waals surface area contributed by atoms with Gasteiger partial charge in [-0.2, -0.15) is 5.10 Å². The van der Waals surface area contributed by atoms with Crippen LogP contribution in [0.25, 0.3) is 0 Å². The molecule has 1 aliphatic heterocycles. The molecule has 0 spiro atoms. The molecular weight excluding hydrogens is 271 g/mol. The number of nitrogens with one attached hydrogen (secondary N) is 1. The number of aliphatic hydroxyl groups is 1. The van der Waals surface area contributed by atoms with Gasteiger partial charge in [0.05, 0.1) is 12.6 Å². The van der Waals surface area contributed by atoms with E-state index in [1.54, 1.807) is 6.07 Å². The molecule has 2 aromatic rings. The summed E-state index contributed by atoms with van der Waals surface area (Å²) in [5, 5.41) is 17.0. The summed E-state index contributed by atoms with van der Waals surface area (Å²) in [6.07, 6.45) is 0.997. The molecular formula is C15H19FN4O. The maximum Gasteiger partial charge on any atom is 0.150 e. The smallest absolute Gasteiger partial charge is 0.150 e. The van der Waals surface area contributed by atoms with Crippen LogP contribution >= 0.6 is 0 Å². The second-order valence-electron chi connectivity index (χ2n) is 5.44. The minimum absolute atomic E-state index is 0.00544. The largest absolute Gasteiger partial charge is 0.392 e. The van der Waals surface area contributed by atoms with Crippen LogP contribution in [-0.4, -0.2) is 37.8 Å². The van der Waals surface area contributed by atoms with Gasteiger partial charge in [-0.05, 0) is 24.1 Å². The Morgan fingerprint density at radius 2 is 2.33 bits per heavy atom. The van der Waals surface area contributed by atoms with Gasteiger partial charge in [-0.3, -0.25) is 10.00 Å². The van der Waals surface area contributed by atoms with E-state index >= 15 is 0 Å². The van der Waals surface area contributed by atoms with E-state index in [1.807, 2.05) is 13.0 Å². The molecule has 1 fully saturated rings. The third kappa shape index (κ3) is 3.11. The van der Waals surface area contributed by atoms with Crippen molar-refractivity contribution in [2.75, 3.05) is 6.54 Å². The zero-order chi connectivity index (χ0) is 14.8. The van der Waals surface area contributed by atoms with Crippen molar-refractivity contribution in [3.63, 3.8) is 0 Å². The molecule has 0 amide bonds. The van der Waals surface area contributed by atoms with Gasteiger partial charge in [-0.15, -0.1) is 0 Å². The van der Waals surface area contributed by atoms with Crippen LogP contribution in [0.2, 0.25) is 0 Å². The van der Waals surface area contributed by atoms with Gasteiger partial charge in [-0.25, -0.2) is 9.37 Å². The number of aryl methyl sites for hydroxylation is 1. The number of aliphatic hydroxyl groups excluding tert-OH is 1. The van der Waals surface area contributed by atoms with Gasteiger partial charge >= 0.3 is 0 Å². The van der Waals surface area contributed by atoms with Crippen molar-refractivity contribution >= 4 is 0 Å². The van der Waals surface area contributed by atoms with Gasteiger partial charge in [0.25, 0.3) is 0 Å². The summed E-state index contributed by atoms with van der Waals surface area (Å²) in [6.45, 7) is 3.14. The number of benzene rings is 1. The van der Waals surface area contributed by atoms with E-state index in [0.29, 0.717) is 19.5 Å². The van der Waals surface area contributed by atoms with E-state index in [4.69, 9.17) is 0 Å². The van der Waals surface area contributed by atoms with Gasteiger partial charge in [-0.1, -0.05) is 19.1 Å². The molecule has 1 saturated heterocycles. The Labute approximate surface area is 122 Å².